The van der Waals surface area contributed by atoms with Crippen LogP contribution in [0.25, 0.3) is 0 Å². The number of carbonyl (C=O) groups is 3. The lowest BCUT2D eigenvalue weighted by Crippen LogP contribution is -2.30. The molecule has 1 unspecified atom stereocenters. The summed E-state index contributed by atoms with van der Waals surface area (Å²) in [5, 5.41) is 0. The minimum absolute atomic E-state index is 0.0777. The van der Waals surface area contributed by atoms with E-state index < -0.39 is 6.10 Å². The van der Waals surface area contributed by atoms with Gasteiger partial charge in [-0.15, -0.1) is 0 Å². The molecule has 0 aromatic rings. The quantitative estimate of drug-likeness (QED) is 0.0262. The second-order valence-corrected chi connectivity index (χ2v) is 18.1. The fourth-order valence-electron chi connectivity index (χ4n) is 7.75. The highest BCUT2D eigenvalue weighted by atomic mass is 16.6. The largest absolute Gasteiger partial charge is 0.462 e. The van der Waals surface area contributed by atoms with Crippen LogP contribution in [0.15, 0.2) is 48.6 Å². The Morgan fingerprint density at radius 2 is 0.619 bits per heavy atom. The van der Waals surface area contributed by atoms with Crippen molar-refractivity contribution in [3.05, 3.63) is 48.6 Å². The number of esters is 3. The van der Waals surface area contributed by atoms with Crippen molar-refractivity contribution in [2.75, 3.05) is 13.2 Å². The molecule has 0 aromatic heterocycles. The summed E-state index contributed by atoms with van der Waals surface area (Å²) < 4.78 is 16.8. The van der Waals surface area contributed by atoms with Crippen molar-refractivity contribution in [1.82, 2.24) is 0 Å². The number of hydrogen-bond donors (Lipinski definition) is 0. The lowest BCUT2D eigenvalue weighted by Gasteiger charge is -2.18. The Morgan fingerprint density at radius 1 is 0.333 bits per heavy atom. The fourth-order valence-corrected chi connectivity index (χ4v) is 7.75. The van der Waals surface area contributed by atoms with E-state index in [0.717, 1.165) is 89.9 Å². The first kappa shape index (κ1) is 60.4. The third kappa shape index (κ3) is 50.2. The Balaban J connectivity index is 4.32. The van der Waals surface area contributed by atoms with Crippen molar-refractivity contribution in [2.24, 2.45) is 0 Å². The normalized spacial score (nSPS) is 12.4. The van der Waals surface area contributed by atoms with Gasteiger partial charge in [-0.25, -0.2) is 0 Å². The molecule has 0 fully saturated rings. The van der Waals surface area contributed by atoms with Crippen molar-refractivity contribution < 1.29 is 28.6 Å². The number of ether oxygens (including phenoxy) is 3. The molecule has 0 N–H and O–H groups in total. The number of allylic oxidation sites excluding steroid dienone is 8. The Labute approximate surface area is 390 Å². The highest BCUT2D eigenvalue weighted by Gasteiger charge is 2.19. The molecule has 6 nitrogen and oxygen atoms in total. The zero-order valence-corrected chi connectivity index (χ0v) is 41.8. The third-order valence-corrected chi connectivity index (χ3v) is 11.8. The van der Waals surface area contributed by atoms with Crippen LogP contribution in [0.5, 0.6) is 0 Å². The average Bonchev–Trinajstić information content (AvgIpc) is 3.28. The lowest BCUT2D eigenvalue weighted by molar-refractivity contribution is -0.167. The monoisotopic (exact) mass is 883 g/mol. The van der Waals surface area contributed by atoms with E-state index in [1.165, 1.54) is 148 Å². The third-order valence-electron chi connectivity index (χ3n) is 11.8. The van der Waals surface area contributed by atoms with E-state index in [1.807, 2.05) is 0 Å². The Kier molecular flexibility index (Phi) is 49.8. The summed E-state index contributed by atoms with van der Waals surface area (Å²) in [4.78, 5) is 38.0. The predicted octanol–water partition coefficient (Wildman–Crippen LogP) is 17.9. The molecular formula is C57H102O6. The van der Waals surface area contributed by atoms with E-state index in [2.05, 4.69) is 69.4 Å². The summed E-state index contributed by atoms with van der Waals surface area (Å²) >= 11 is 0. The second-order valence-electron chi connectivity index (χ2n) is 18.1. The Hall–Kier alpha value is -2.63. The van der Waals surface area contributed by atoms with Crippen LogP contribution in [0.4, 0.5) is 0 Å². The van der Waals surface area contributed by atoms with E-state index in [-0.39, 0.29) is 31.1 Å². The van der Waals surface area contributed by atoms with Crippen molar-refractivity contribution in [3.8, 4) is 0 Å². The van der Waals surface area contributed by atoms with Crippen molar-refractivity contribution in [2.45, 2.75) is 284 Å². The number of carbonyl (C=O) groups excluding carboxylic acids is 3. The van der Waals surface area contributed by atoms with Gasteiger partial charge in [0.05, 0.1) is 0 Å². The summed E-state index contributed by atoms with van der Waals surface area (Å²) in [5.74, 6) is -0.887. The van der Waals surface area contributed by atoms with Gasteiger partial charge in [-0.1, -0.05) is 230 Å². The van der Waals surface area contributed by atoms with Gasteiger partial charge in [-0.05, 0) is 77.0 Å². The van der Waals surface area contributed by atoms with E-state index in [0.29, 0.717) is 19.3 Å². The molecule has 0 aliphatic rings. The maximum atomic E-state index is 12.8. The van der Waals surface area contributed by atoms with Gasteiger partial charge in [0, 0.05) is 19.3 Å². The van der Waals surface area contributed by atoms with Crippen molar-refractivity contribution in [3.63, 3.8) is 0 Å². The minimum Gasteiger partial charge on any atom is -0.462 e. The summed E-state index contributed by atoms with van der Waals surface area (Å²) in [6.07, 6.45) is 62.4. The van der Waals surface area contributed by atoms with Gasteiger partial charge in [0.2, 0.25) is 0 Å². The molecule has 1 atom stereocenters. The number of rotatable bonds is 49. The predicted molar refractivity (Wildman–Crippen MR) is 270 cm³/mol. The maximum Gasteiger partial charge on any atom is 0.306 e. The van der Waals surface area contributed by atoms with Gasteiger partial charge < -0.3 is 14.2 Å². The van der Waals surface area contributed by atoms with Crippen LogP contribution in [0.2, 0.25) is 0 Å². The lowest BCUT2D eigenvalue weighted by atomic mass is 10.1. The highest BCUT2D eigenvalue weighted by Crippen LogP contribution is 2.15. The van der Waals surface area contributed by atoms with Crippen LogP contribution in [0.1, 0.15) is 278 Å². The van der Waals surface area contributed by atoms with E-state index in [9.17, 15) is 14.4 Å². The fraction of sp³-hybridized carbons (Fsp3) is 0.807. The smallest absolute Gasteiger partial charge is 0.306 e. The van der Waals surface area contributed by atoms with E-state index in [1.54, 1.807) is 0 Å². The molecule has 6 heteroatoms. The van der Waals surface area contributed by atoms with Crippen molar-refractivity contribution >= 4 is 17.9 Å². The summed E-state index contributed by atoms with van der Waals surface area (Å²) in [6.45, 7) is 6.52. The van der Waals surface area contributed by atoms with Gasteiger partial charge in [0.25, 0.3) is 0 Å². The first-order valence-electron chi connectivity index (χ1n) is 27.1. The molecule has 0 amide bonds. The number of hydrogen-bond acceptors (Lipinski definition) is 6. The zero-order chi connectivity index (χ0) is 45.8. The molecule has 0 heterocycles. The van der Waals surface area contributed by atoms with Gasteiger partial charge in [-0.3, -0.25) is 14.4 Å². The second kappa shape index (κ2) is 52.0. The van der Waals surface area contributed by atoms with Gasteiger partial charge >= 0.3 is 17.9 Å². The molecular weight excluding hydrogens is 781 g/mol. The van der Waals surface area contributed by atoms with Gasteiger partial charge in [0.15, 0.2) is 6.10 Å². The zero-order valence-electron chi connectivity index (χ0n) is 41.8. The Bertz CT molecular complexity index is 1110. The first-order chi connectivity index (χ1) is 31.0. The standard InChI is InChI=1S/C57H102O6/c1-4-7-10-13-16-19-22-24-26-28-29-30-32-33-35-38-41-44-47-50-56(59)62-53-54(52-61-55(58)49-46-43-40-37-21-18-15-12-9-6-3)63-57(60)51-48-45-42-39-36-34-31-27-25-23-20-17-14-11-8-5-2/h8,11,17,20,25,27-29,54H,4-7,9-10,12-16,18-19,21-24,26,30-53H2,1-3H3/b11-8-,20-17-,27-25-,29-28-. The summed E-state index contributed by atoms with van der Waals surface area (Å²) in [6, 6.07) is 0. The summed E-state index contributed by atoms with van der Waals surface area (Å²) in [7, 11) is 0. The van der Waals surface area contributed by atoms with E-state index >= 15 is 0 Å². The first-order valence-corrected chi connectivity index (χ1v) is 27.1. The van der Waals surface area contributed by atoms with Crippen LogP contribution in [-0.4, -0.2) is 37.2 Å². The van der Waals surface area contributed by atoms with Crippen LogP contribution in [0.3, 0.4) is 0 Å². The Morgan fingerprint density at radius 3 is 0.984 bits per heavy atom. The average molecular weight is 883 g/mol. The van der Waals surface area contributed by atoms with Crippen LogP contribution in [-0.2, 0) is 28.6 Å². The SMILES string of the molecule is CC/C=C\C/C=C\C/C=C\CCCCCCCCC(=O)OC(COC(=O)CCCCCCCCC/C=C\CCCCCCCCCC)COC(=O)CCCCCCCCCCCC. The van der Waals surface area contributed by atoms with E-state index in [4.69, 9.17) is 14.2 Å². The molecule has 0 rings (SSSR count). The maximum absolute atomic E-state index is 12.8. The minimum atomic E-state index is -0.778. The summed E-state index contributed by atoms with van der Waals surface area (Å²) in [5.41, 5.74) is 0. The molecule has 0 bridgehead atoms. The van der Waals surface area contributed by atoms with Gasteiger partial charge in [0.1, 0.15) is 13.2 Å². The highest BCUT2D eigenvalue weighted by molar-refractivity contribution is 5.71. The molecule has 0 aliphatic heterocycles. The molecule has 0 spiro atoms. The molecule has 0 radical (unpaired) electrons. The van der Waals surface area contributed by atoms with Crippen molar-refractivity contribution in [1.29, 1.82) is 0 Å². The molecule has 0 saturated carbocycles. The molecule has 0 aromatic carbocycles. The molecule has 366 valence electrons. The molecule has 63 heavy (non-hydrogen) atoms. The molecule has 0 aliphatic carbocycles. The van der Waals surface area contributed by atoms with Crippen LogP contribution < -0.4 is 0 Å². The molecule has 0 saturated heterocycles. The van der Waals surface area contributed by atoms with Gasteiger partial charge in [-0.2, -0.15) is 0 Å². The van der Waals surface area contributed by atoms with Crippen LogP contribution in [0, 0.1) is 0 Å². The number of unbranched alkanes of at least 4 members (excludes halogenated alkanes) is 30. The topological polar surface area (TPSA) is 78.9 Å². The van der Waals surface area contributed by atoms with Crippen LogP contribution >= 0.6 is 0 Å².